The van der Waals surface area contributed by atoms with Crippen molar-refractivity contribution in [2.75, 3.05) is 0 Å². The monoisotopic (exact) mass is 251 g/mol. The Morgan fingerprint density at radius 3 is 2.89 bits per heavy atom. The van der Waals surface area contributed by atoms with Crippen molar-refractivity contribution in [1.29, 1.82) is 0 Å². The van der Waals surface area contributed by atoms with Gasteiger partial charge in [0.25, 0.3) is 11.7 Å². The molecule has 1 aliphatic heterocycles. The van der Waals surface area contributed by atoms with Gasteiger partial charge in [-0.2, -0.15) is 4.80 Å². The number of amides is 1. The molecule has 1 aliphatic carbocycles. The largest absolute Gasteiger partial charge is 0.370 e. The Morgan fingerprint density at radius 1 is 1.44 bits per heavy atom. The van der Waals surface area contributed by atoms with Gasteiger partial charge in [-0.3, -0.25) is 4.79 Å². The van der Waals surface area contributed by atoms with Crippen molar-refractivity contribution >= 4 is 5.91 Å². The summed E-state index contributed by atoms with van der Waals surface area (Å²) in [5.41, 5.74) is 5.19. The quantitative estimate of drug-likeness (QED) is 0.831. The number of nitrogens with zero attached hydrogens (tertiary/aromatic N) is 4. The van der Waals surface area contributed by atoms with Crippen LogP contribution < -0.4 is 5.73 Å². The maximum Gasteiger partial charge on any atom is 0.290 e. The van der Waals surface area contributed by atoms with Crippen LogP contribution in [0.25, 0.3) is 0 Å². The Kier molecular flexibility index (Phi) is 2.77. The van der Waals surface area contributed by atoms with Crippen LogP contribution >= 0.6 is 0 Å². The van der Waals surface area contributed by atoms with Gasteiger partial charge in [-0.1, -0.05) is 12.8 Å². The van der Waals surface area contributed by atoms with Crippen molar-refractivity contribution < 1.29 is 9.53 Å². The van der Waals surface area contributed by atoms with Crippen LogP contribution in [0.1, 0.15) is 49.1 Å². The fourth-order valence-electron chi connectivity index (χ4n) is 3.01. The first kappa shape index (κ1) is 11.6. The lowest BCUT2D eigenvalue weighted by Crippen LogP contribution is -2.27. The Hall–Kier alpha value is -1.50. The molecule has 7 heteroatoms. The molecular formula is C11H17N5O2. The Balaban J connectivity index is 1.61. The Bertz CT molecular complexity index is 452. The van der Waals surface area contributed by atoms with Gasteiger partial charge < -0.3 is 10.5 Å². The lowest BCUT2D eigenvalue weighted by atomic mass is 9.98. The molecule has 2 aliphatic rings. The molecule has 18 heavy (non-hydrogen) atoms. The minimum absolute atomic E-state index is 0.0384. The molecule has 2 heterocycles. The number of ether oxygens (including phenoxy) is 1. The molecule has 0 radical (unpaired) electrons. The molecule has 2 N–H and O–H groups in total. The van der Waals surface area contributed by atoms with Crippen molar-refractivity contribution in [1.82, 2.24) is 20.2 Å². The number of aromatic nitrogens is 4. The highest BCUT2D eigenvalue weighted by atomic mass is 16.5. The second-order valence-electron chi connectivity index (χ2n) is 5.20. The van der Waals surface area contributed by atoms with E-state index in [-0.39, 0.29) is 17.5 Å². The zero-order valence-corrected chi connectivity index (χ0v) is 10.2. The highest BCUT2D eigenvalue weighted by Crippen LogP contribution is 2.43. The first-order valence-electron chi connectivity index (χ1n) is 6.42. The van der Waals surface area contributed by atoms with Crippen LogP contribution in [0.15, 0.2) is 0 Å². The van der Waals surface area contributed by atoms with E-state index in [1.54, 1.807) is 0 Å². The predicted octanol–water partition coefficient (Wildman–Crippen LogP) is 0.264. The van der Waals surface area contributed by atoms with Gasteiger partial charge in [0.2, 0.25) is 0 Å². The van der Waals surface area contributed by atoms with E-state index in [0.29, 0.717) is 6.54 Å². The molecule has 1 saturated carbocycles. The van der Waals surface area contributed by atoms with Crippen molar-refractivity contribution in [3.8, 4) is 0 Å². The molecule has 2 fully saturated rings. The third-order valence-electron chi connectivity index (χ3n) is 3.89. The molecule has 1 spiro atoms. The van der Waals surface area contributed by atoms with Gasteiger partial charge in [0.1, 0.15) is 0 Å². The molecule has 7 nitrogen and oxygen atoms in total. The maximum absolute atomic E-state index is 10.9. The number of tetrazole rings is 1. The highest BCUT2D eigenvalue weighted by molar-refractivity contribution is 5.88. The molecule has 1 amide bonds. The molecule has 3 rings (SSSR count). The summed E-state index contributed by atoms with van der Waals surface area (Å²) in [6, 6.07) is 0. The van der Waals surface area contributed by atoms with Crippen LogP contribution in [-0.2, 0) is 11.3 Å². The van der Waals surface area contributed by atoms with E-state index in [0.717, 1.165) is 12.8 Å². The number of nitrogens with two attached hydrogens (primary N) is 1. The number of rotatable bonds is 3. The van der Waals surface area contributed by atoms with Crippen LogP contribution in [0.4, 0.5) is 0 Å². The zero-order chi connectivity index (χ0) is 12.6. The van der Waals surface area contributed by atoms with Crippen LogP contribution in [0, 0.1) is 0 Å². The molecule has 1 aromatic rings. The van der Waals surface area contributed by atoms with E-state index >= 15 is 0 Å². The van der Waals surface area contributed by atoms with E-state index in [2.05, 4.69) is 15.4 Å². The van der Waals surface area contributed by atoms with E-state index in [1.165, 1.54) is 30.5 Å². The lowest BCUT2D eigenvalue weighted by molar-refractivity contribution is -0.0444. The average Bonchev–Trinajstić information content (AvgIpc) is 3.03. The molecule has 0 bridgehead atoms. The van der Waals surface area contributed by atoms with E-state index in [9.17, 15) is 4.79 Å². The standard InChI is InChI=1S/C11H17N5O2/c12-9(17)10-13-15-16(14-10)7-8-3-6-11(18-8)4-1-2-5-11/h8H,1-7H2,(H2,12,17). The highest BCUT2D eigenvalue weighted by Gasteiger charge is 2.42. The smallest absolute Gasteiger partial charge is 0.290 e. The van der Waals surface area contributed by atoms with Crippen LogP contribution in [0.3, 0.4) is 0 Å². The molecule has 98 valence electrons. The van der Waals surface area contributed by atoms with Crippen LogP contribution in [0.5, 0.6) is 0 Å². The fourth-order valence-corrected chi connectivity index (χ4v) is 3.01. The molecular weight excluding hydrogens is 234 g/mol. The van der Waals surface area contributed by atoms with Crippen molar-refractivity contribution in [3.63, 3.8) is 0 Å². The summed E-state index contributed by atoms with van der Waals surface area (Å²) in [4.78, 5) is 12.3. The number of carbonyl (C=O) groups excluding carboxylic acids is 1. The molecule has 1 saturated heterocycles. The Labute approximate surface area is 105 Å². The maximum atomic E-state index is 10.9. The minimum atomic E-state index is -0.652. The third-order valence-corrected chi connectivity index (χ3v) is 3.89. The van der Waals surface area contributed by atoms with E-state index in [4.69, 9.17) is 10.5 Å². The lowest BCUT2D eigenvalue weighted by Gasteiger charge is -2.23. The summed E-state index contributed by atoms with van der Waals surface area (Å²) >= 11 is 0. The number of primary amides is 1. The van der Waals surface area contributed by atoms with Gasteiger partial charge in [0, 0.05) is 0 Å². The van der Waals surface area contributed by atoms with Crippen LogP contribution in [-0.4, -0.2) is 37.8 Å². The van der Waals surface area contributed by atoms with Crippen molar-refractivity contribution in [2.24, 2.45) is 5.73 Å². The predicted molar refractivity (Wildman–Crippen MR) is 61.6 cm³/mol. The van der Waals surface area contributed by atoms with Crippen LogP contribution in [0.2, 0.25) is 0 Å². The second kappa shape index (κ2) is 4.31. The normalized spacial score (nSPS) is 25.9. The minimum Gasteiger partial charge on any atom is -0.370 e. The number of hydrogen-bond acceptors (Lipinski definition) is 5. The van der Waals surface area contributed by atoms with Gasteiger partial charge in [-0.05, 0) is 30.9 Å². The van der Waals surface area contributed by atoms with Gasteiger partial charge in [0.05, 0.1) is 18.2 Å². The number of carbonyl (C=O) groups is 1. The fraction of sp³-hybridized carbons (Fsp3) is 0.818. The number of hydrogen-bond donors (Lipinski definition) is 1. The van der Waals surface area contributed by atoms with E-state index < -0.39 is 5.91 Å². The molecule has 1 aromatic heterocycles. The summed E-state index contributed by atoms with van der Waals surface area (Å²) in [5.74, 6) is -0.690. The summed E-state index contributed by atoms with van der Waals surface area (Å²) in [5, 5.41) is 11.3. The van der Waals surface area contributed by atoms with Gasteiger partial charge in [-0.15, -0.1) is 10.2 Å². The Morgan fingerprint density at radius 2 is 2.22 bits per heavy atom. The SMILES string of the molecule is NC(=O)c1nnn(CC2CCC3(CCCC3)O2)n1. The third kappa shape index (κ3) is 2.10. The molecule has 1 unspecified atom stereocenters. The first-order valence-corrected chi connectivity index (χ1v) is 6.42. The average molecular weight is 251 g/mol. The topological polar surface area (TPSA) is 95.9 Å². The van der Waals surface area contributed by atoms with E-state index in [1.807, 2.05) is 0 Å². The van der Waals surface area contributed by atoms with Gasteiger partial charge in [0.15, 0.2) is 0 Å². The summed E-state index contributed by atoms with van der Waals surface area (Å²) < 4.78 is 6.14. The molecule has 0 aromatic carbocycles. The van der Waals surface area contributed by atoms with Crippen molar-refractivity contribution in [2.45, 2.75) is 56.8 Å². The summed E-state index contributed by atoms with van der Waals surface area (Å²) in [6.45, 7) is 0.544. The summed E-state index contributed by atoms with van der Waals surface area (Å²) in [7, 11) is 0. The first-order chi connectivity index (χ1) is 8.67. The summed E-state index contributed by atoms with van der Waals surface area (Å²) in [6.07, 6.45) is 7.13. The zero-order valence-electron chi connectivity index (χ0n) is 10.2. The van der Waals surface area contributed by atoms with Gasteiger partial charge >= 0.3 is 0 Å². The van der Waals surface area contributed by atoms with Crippen molar-refractivity contribution in [3.05, 3.63) is 5.82 Å². The molecule has 1 atom stereocenters. The van der Waals surface area contributed by atoms with Gasteiger partial charge in [-0.25, -0.2) is 0 Å². The second-order valence-corrected chi connectivity index (χ2v) is 5.20.